The molecule has 0 atom stereocenters. The van der Waals surface area contributed by atoms with Crippen molar-refractivity contribution in [2.75, 3.05) is 6.54 Å². The van der Waals surface area contributed by atoms with Crippen molar-refractivity contribution in [1.82, 2.24) is 9.88 Å². The second-order valence-electron chi connectivity index (χ2n) is 4.43. The highest BCUT2D eigenvalue weighted by Gasteiger charge is 2.02. The zero-order chi connectivity index (χ0) is 13.5. The first kappa shape index (κ1) is 13.7. The molecule has 2 aromatic rings. The molecule has 2 rings (SSSR count). The molecular weight excluding hydrogens is 260 g/mol. The van der Waals surface area contributed by atoms with Crippen molar-refractivity contribution in [1.29, 1.82) is 0 Å². The van der Waals surface area contributed by atoms with E-state index in [0.717, 1.165) is 18.5 Å². The summed E-state index contributed by atoms with van der Waals surface area (Å²) in [7, 11) is 0. The molecule has 0 spiro atoms. The van der Waals surface area contributed by atoms with Crippen LogP contribution in [0.15, 0.2) is 48.8 Å². The molecule has 3 nitrogen and oxygen atoms in total. The Morgan fingerprint density at radius 3 is 2.53 bits per heavy atom. The van der Waals surface area contributed by atoms with Crippen LogP contribution in [-0.4, -0.2) is 17.0 Å². The molecule has 1 aromatic carbocycles. The van der Waals surface area contributed by atoms with Gasteiger partial charge >= 0.3 is 0 Å². The molecule has 0 fully saturated rings. The molecule has 1 aromatic heterocycles. The van der Waals surface area contributed by atoms with Gasteiger partial charge in [0, 0.05) is 30.5 Å². The van der Waals surface area contributed by atoms with E-state index in [9.17, 15) is 4.79 Å². The van der Waals surface area contributed by atoms with Crippen LogP contribution in [0.1, 0.15) is 12.0 Å². The number of carbonyl (C=O) groups excluding carboxylic acids is 1. The van der Waals surface area contributed by atoms with E-state index in [-0.39, 0.29) is 5.91 Å². The summed E-state index contributed by atoms with van der Waals surface area (Å²) < 4.78 is 2.10. The van der Waals surface area contributed by atoms with Crippen LogP contribution in [0.4, 0.5) is 0 Å². The van der Waals surface area contributed by atoms with Crippen LogP contribution in [0.2, 0.25) is 5.02 Å². The summed E-state index contributed by atoms with van der Waals surface area (Å²) in [5.74, 6) is 0.0508. The summed E-state index contributed by atoms with van der Waals surface area (Å²) in [6.07, 6.45) is 5.38. The van der Waals surface area contributed by atoms with Crippen molar-refractivity contribution in [3.63, 3.8) is 0 Å². The molecule has 4 heteroatoms. The maximum Gasteiger partial charge on any atom is 0.224 e. The third-order valence-electron chi connectivity index (χ3n) is 2.86. The monoisotopic (exact) mass is 276 g/mol. The fourth-order valence-corrected chi connectivity index (χ4v) is 1.98. The standard InChI is InChI=1S/C15H17ClN2O/c16-14-6-4-13(5-7-14)12-15(19)17-8-3-11-18-9-1-2-10-18/h1-2,4-7,9-10H,3,8,11-12H2,(H,17,19). The van der Waals surface area contributed by atoms with Crippen LogP contribution in [0, 0.1) is 0 Å². The summed E-state index contributed by atoms with van der Waals surface area (Å²) in [5.41, 5.74) is 0.979. The van der Waals surface area contributed by atoms with Gasteiger partial charge in [-0.15, -0.1) is 0 Å². The van der Waals surface area contributed by atoms with Crippen molar-refractivity contribution in [3.05, 3.63) is 59.4 Å². The fourth-order valence-electron chi connectivity index (χ4n) is 1.86. The van der Waals surface area contributed by atoms with Crippen molar-refractivity contribution in [2.45, 2.75) is 19.4 Å². The van der Waals surface area contributed by atoms with Gasteiger partial charge in [0.05, 0.1) is 6.42 Å². The van der Waals surface area contributed by atoms with Crippen molar-refractivity contribution >= 4 is 17.5 Å². The lowest BCUT2D eigenvalue weighted by molar-refractivity contribution is -0.120. The topological polar surface area (TPSA) is 34.0 Å². The number of halogens is 1. The van der Waals surface area contributed by atoms with Gasteiger partial charge in [0.15, 0.2) is 0 Å². The van der Waals surface area contributed by atoms with Crippen LogP contribution < -0.4 is 5.32 Å². The predicted molar refractivity (Wildman–Crippen MR) is 77.2 cm³/mol. The SMILES string of the molecule is O=C(Cc1ccc(Cl)cc1)NCCCn1cccc1. The second kappa shape index (κ2) is 7.00. The fraction of sp³-hybridized carbons (Fsp3) is 0.267. The molecule has 0 radical (unpaired) electrons. The number of nitrogens with zero attached hydrogens (tertiary/aromatic N) is 1. The number of hydrogen-bond donors (Lipinski definition) is 1. The Labute approximate surface area is 118 Å². The number of nitrogens with one attached hydrogen (secondary N) is 1. The minimum Gasteiger partial charge on any atom is -0.356 e. The maximum absolute atomic E-state index is 11.7. The lowest BCUT2D eigenvalue weighted by Crippen LogP contribution is -2.26. The van der Waals surface area contributed by atoms with E-state index in [2.05, 4.69) is 9.88 Å². The largest absolute Gasteiger partial charge is 0.356 e. The average Bonchev–Trinajstić information content (AvgIpc) is 2.91. The molecule has 0 saturated heterocycles. The lowest BCUT2D eigenvalue weighted by atomic mass is 10.1. The number of hydrogen-bond acceptors (Lipinski definition) is 1. The van der Waals surface area contributed by atoms with Gasteiger partial charge in [0.2, 0.25) is 5.91 Å². The molecule has 0 bridgehead atoms. The highest BCUT2D eigenvalue weighted by Crippen LogP contribution is 2.09. The Bertz CT molecular complexity index is 505. The summed E-state index contributed by atoms with van der Waals surface area (Å²) in [5, 5.41) is 3.61. The zero-order valence-corrected chi connectivity index (χ0v) is 11.4. The van der Waals surface area contributed by atoms with Gasteiger partial charge in [-0.3, -0.25) is 4.79 Å². The van der Waals surface area contributed by atoms with Gasteiger partial charge in [-0.1, -0.05) is 23.7 Å². The number of rotatable bonds is 6. The molecule has 0 aliphatic rings. The summed E-state index contributed by atoms with van der Waals surface area (Å²) >= 11 is 5.80. The zero-order valence-electron chi connectivity index (χ0n) is 10.7. The van der Waals surface area contributed by atoms with Crippen LogP contribution in [-0.2, 0) is 17.8 Å². The Morgan fingerprint density at radius 2 is 1.84 bits per heavy atom. The van der Waals surface area contributed by atoms with Crippen molar-refractivity contribution < 1.29 is 4.79 Å². The van der Waals surface area contributed by atoms with E-state index in [4.69, 9.17) is 11.6 Å². The van der Waals surface area contributed by atoms with Crippen molar-refractivity contribution in [3.8, 4) is 0 Å². The maximum atomic E-state index is 11.7. The van der Waals surface area contributed by atoms with Crippen LogP contribution in [0.25, 0.3) is 0 Å². The molecular formula is C15H17ClN2O. The van der Waals surface area contributed by atoms with E-state index in [1.165, 1.54) is 0 Å². The number of benzene rings is 1. The highest BCUT2D eigenvalue weighted by molar-refractivity contribution is 6.30. The highest BCUT2D eigenvalue weighted by atomic mass is 35.5. The molecule has 100 valence electrons. The third-order valence-corrected chi connectivity index (χ3v) is 3.11. The molecule has 1 amide bonds. The number of aromatic nitrogens is 1. The predicted octanol–water partition coefficient (Wildman–Crippen LogP) is 2.89. The van der Waals surface area contributed by atoms with E-state index in [0.29, 0.717) is 18.0 Å². The molecule has 0 aliphatic heterocycles. The van der Waals surface area contributed by atoms with Gasteiger partial charge in [-0.25, -0.2) is 0 Å². The molecule has 1 heterocycles. The summed E-state index contributed by atoms with van der Waals surface area (Å²) in [6, 6.07) is 11.4. The van der Waals surface area contributed by atoms with E-state index in [1.54, 1.807) is 12.1 Å². The van der Waals surface area contributed by atoms with Crippen LogP contribution in [0.5, 0.6) is 0 Å². The van der Waals surface area contributed by atoms with Gasteiger partial charge in [-0.05, 0) is 36.2 Å². The van der Waals surface area contributed by atoms with Gasteiger partial charge in [-0.2, -0.15) is 0 Å². The number of amides is 1. The van der Waals surface area contributed by atoms with Crippen LogP contribution >= 0.6 is 11.6 Å². The molecule has 0 saturated carbocycles. The Hall–Kier alpha value is -1.74. The Kier molecular flexibility index (Phi) is 5.04. The van der Waals surface area contributed by atoms with E-state index < -0.39 is 0 Å². The number of aryl methyl sites for hydroxylation is 1. The average molecular weight is 277 g/mol. The summed E-state index contributed by atoms with van der Waals surface area (Å²) in [4.78, 5) is 11.7. The first-order chi connectivity index (χ1) is 9.24. The van der Waals surface area contributed by atoms with Crippen LogP contribution in [0.3, 0.4) is 0 Å². The third kappa shape index (κ3) is 4.79. The van der Waals surface area contributed by atoms with E-state index in [1.807, 2.05) is 36.7 Å². The van der Waals surface area contributed by atoms with Crippen molar-refractivity contribution in [2.24, 2.45) is 0 Å². The summed E-state index contributed by atoms with van der Waals surface area (Å²) in [6.45, 7) is 1.62. The number of carbonyl (C=O) groups is 1. The molecule has 1 N–H and O–H groups in total. The first-order valence-corrected chi connectivity index (χ1v) is 6.74. The van der Waals surface area contributed by atoms with E-state index >= 15 is 0 Å². The van der Waals surface area contributed by atoms with Gasteiger partial charge in [0.25, 0.3) is 0 Å². The minimum absolute atomic E-state index is 0.0508. The van der Waals surface area contributed by atoms with Gasteiger partial charge in [0.1, 0.15) is 0 Å². The lowest BCUT2D eigenvalue weighted by Gasteiger charge is -2.06. The molecule has 19 heavy (non-hydrogen) atoms. The molecule has 0 aliphatic carbocycles. The Morgan fingerprint density at radius 1 is 1.16 bits per heavy atom. The quantitative estimate of drug-likeness (QED) is 0.809. The molecule has 0 unspecified atom stereocenters. The first-order valence-electron chi connectivity index (χ1n) is 6.36. The normalized spacial score (nSPS) is 10.4. The smallest absolute Gasteiger partial charge is 0.224 e. The second-order valence-corrected chi connectivity index (χ2v) is 4.86. The van der Waals surface area contributed by atoms with Gasteiger partial charge < -0.3 is 9.88 Å². The minimum atomic E-state index is 0.0508. The Balaban J connectivity index is 1.65.